The molecule has 6 aliphatic rings. The average molecular weight is 627 g/mol. The van der Waals surface area contributed by atoms with Crippen molar-refractivity contribution in [1.82, 2.24) is 0 Å². The van der Waals surface area contributed by atoms with E-state index in [1.165, 1.54) is 36.8 Å². The van der Waals surface area contributed by atoms with Crippen LogP contribution >= 0.6 is 0 Å². The first kappa shape index (κ1) is 36.5. The van der Waals surface area contributed by atoms with Crippen LogP contribution in [-0.4, -0.2) is 35.0 Å². The summed E-state index contributed by atoms with van der Waals surface area (Å²) in [7, 11) is 0. The molecule has 6 aliphatic carbocycles. The molecule has 0 amide bonds. The second-order valence-corrected chi connectivity index (χ2v) is 17.0. The first-order chi connectivity index (χ1) is 20.6. The molecule has 5 heteroatoms. The van der Waals surface area contributed by atoms with Gasteiger partial charge in [0.05, 0.1) is 0 Å². The SMILES string of the molecule is CC(C)C1=CC2=CCC3[C@](C)(CCC[C@]3(C)C(=O)[O-])[C@@H]2CC1.CC(C)C1=CC2=CCC3[C@](C)(CCC[C@]3(C)C(=O)[O-])[C@@H]2CC1.[Mg+2]. The summed E-state index contributed by atoms with van der Waals surface area (Å²) in [6.07, 6.45) is 21.9. The summed E-state index contributed by atoms with van der Waals surface area (Å²) in [5.41, 5.74) is 5.01. The Morgan fingerprint density at radius 2 is 1.02 bits per heavy atom. The van der Waals surface area contributed by atoms with Gasteiger partial charge in [-0.3, -0.25) is 0 Å². The van der Waals surface area contributed by atoms with Crippen molar-refractivity contribution in [2.75, 3.05) is 0 Å². The summed E-state index contributed by atoms with van der Waals surface area (Å²) in [5, 5.41) is 23.7. The molecule has 6 rings (SSSR count). The molecule has 2 fully saturated rings. The van der Waals surface area contributed by atoms with Gasteiger partial charge in [-0.15, -0.1) is 0 Å². The maximum Gasteiger partial charge on any atom is 2.00 e. The van der Waals surface area contributed by atoms with Crippen molar-refractivity contribution in [3.05, 3.63) is 46.6 Å². The van der Waals surface area contributed by atoms with Crippen LogP contribution in [0.1, 0.15) is 132 Å². The van der Waals surface area contributed by atoms with Gasteiger partial charge in [0.2, 0.25) is 0 Å². The standard InChI is InChI=1S/2C20H30O2.Mg/c2*1-13(2)14-6-8-16-15(12-14)7-9-17-19(16,3)10-5-11-20(17,4)18(21)22;/h2*7,12-13,16-17H,5-6,8-11H2,1-4H3,(H,21,22);/q;;+2/p-2/t2*16-,17?,19-,20+;/m11./s1. The summed E-state index contributed by atoms with van der Waals surface area (Å²) < 4.78 is 0. The molecule has 45 heavy (non-hydrogen) atoms. The Kier molecular flexibility index (Phi) is 10.8. The molecule has 0 aliphatic heterocycles. The predicted molar refractivity (Wildman–Crippen MR) is 180 cm³/mol. The van der Waals surface area contributed by atoms with Crippen molar-refractivity contribution >= 4 is 35.0 Å². The van der Waals surface area contributed by atoms with E-state index in [2.05, 4.69) is 65.8 Å². The minimum Gasteiger partial charge on any atom is -0.550 e. The molecule has 0 radical (unpaired) electrons. The molecule has 0 heterocycles. The second-order valence-electron chi connectivity index (χ2n) is 17.0. The van der Waals surface area contributed by atoms with E-state index in [1.54, 1.807) is 11.1 Å². The maximum absolute atomic E-state index is 11.8. The molecule has 4 nitrogen and oxygen atoms in total. The third-order valence-electron chi connectivity index (χ3n) is 14.1. The number of fused-ring (bicyclic) bond motifs is 6. The number of hydrogen-bond donors (Lipinski definition) is 0. The minimum absolute atomic E-state index is 0. The fraction of sp³-hybridized carbons (Fsp3) is 0.750. The third kappa shape index (κ3) is 6.20. The van der Waals surface area contributed by atoms with Gasteiger partial charge >= 0.3 is 23.1 Å². The molecule has 0 N–H and O–H groups in total. The number of carboxylic acids is 2. The van der Waals surface area contributed by atoms with Crippen LogP contribution in [0.4, 0.5) is 0 Å². The van der Waals surface area contributed by atoms with Crippen LogP contribution < -0.4 is 10.2 Å². The first-order valence-corrected chi connectivity index (χ1v) is 17.8. The molecule has 8 atom stereocenters. The largest absolute Gasteiger partial charge is 2.00 e. The van der Waals surface area contributed by atoms with Crippen molar-refractivity contribution in [1.29, 1.82) is 0 Å². The van der Waals surface area contributed by atoms with Crippen molar-refractivity contribution in [2.24, 2.45) is 57.2 Å². The Balaban J connectivity index is 0.000000200. The zero-order valence-corrected chi connectivity index (χ0v) is 31.0. The summed E-state index contributed by atoms with van der Waals surface area (Å²) >= 11 is 0. The smallest absolute Gasteiger partial charge is 0.550 e. The van der Waals surface area contributed by atoms with Gasteiger partial charge in [-0.05, 0) is 122 Å². The van der Waals surface area contributed by atoms with Crippen LogP contribution in [0.25, 0.3) is 0 Å². The van der Waals surface area contributed by atoms with Crippen molar-refractivity contribution in [3.63, 3.8) is 0 Å². The van der Waals surface area contributed by atoms with Gasteiger partial charge in [0.25, 0.3) is 0 Å². The monoisotopic (exact) mass is 626 g/mol. The van der Waals surface area contributed by atoms with Crippen molar-refractivity contribution in [2.45, 2.75) is 132 Å². The van der Waals surface area contributed by atoms with Crippen LogP contribution in [0.2, 0.25) is 0 Å². The van der Waals surface area contributed by atoms with E-state index in [4.69, 9.17) is 0 Å². The molecule has 0 spiro atoms. The van der Waals surface area contributed by atoms with Gasteiger partial charge in [0.1, 0.15) is 0 Å². The van der Waals surface area contributed by atoms with E-state index in [9.17, 15) is 19.8 Å². The van der Waals surface area contributed by atoms with Gasteiger partial charge in [-0.1, -0.05) is 104 Å². The molecule has 0 aromatic heterocycles. The number of aliphatic carboxylic acids is 2. The van der Waals surface area contributed by atoms with Gasteiger partial charge in [-0.25, -0.2) is 0 Å². The second kappa shape index (κ2) is 13.3. The first-order valence-electron chi connectivity index (χ1n) is 17.8. The van der Waals surface area contributed by atoms with E-state index in [1.807, 2.05) is 13.8 Å². The summed E-state index contributed by atoms with van der Waals surface area (Å²) in [6, 6.07) is 0. The van der Waals surface area contributed by atoms with Crippen LogP contribution in [0.15, 0.2) is 46.6 Å². The third-order valence-corrected chi connectivity index (χ3v) is 14.1. The van der Waals surface area contributed by atoms with Gasteiger partial charge in [0.15, 0.2) is 0 Å². The number of carbonyl (C=O) groups excluding carboxylic acids is 2. The van der Waals surface area contributed by atoms with E-state index in [-0.39, 0.29) is 45.7 Å². The number of rotatable bonds is 4. The summed E-state index contributed by atoms with van der Waals surface area (Å²) in [5.74, 6) is 1.08. The normalized spacial score (nSPS) is 40.4. The molecule has 0 aromatic carbocycles. The maximum atomic E-state index is 11.8. The molecule has 244 valence electrons. The molecule has 0 bridgehead atoms. The van der Waals surface area contributed by atoms with Gasteiger partial charge in [0, 0.05) is 22.8 Å². The summed E-state index contributed by atoms with van der Waals surface area (Å²) in [4.78, 5) is 23.7. The fourth-order valence-corrected chi connectivity index (χ4v) is 11.2. The van der Waals surface area contributed by atoms with E-state index in [0.717, 1.165) is 51.4 Å². The Morgan fingerprint density at radius 1 is 0.667 bits per heavy atom. The topological polar surface area (TPSA) is 80.3 Å². The number of carbonyl (C=O) groups is 2. The van der Waals surface area contributed by atoms with Crippen LogP contribution in [0.3, 0.4) is 0 Å². The number of carboxylic acid groups (broad SMARTS) is 2. The molecule has 2 unspecified atom stereocenters. The molecular formula is C40H58MgO4. The summed E-state index contributed by atoms with van der Waals surface area (Å²) in [6.45, 7) is 17.7. The zero-order valence-electron chi connectivity index (χ0n) is 29.6. The number of allylic oxidation sites excluding steroid dienone is 8. The Bertz CT molecular complexity index is 1190. The quantitative estimate of drug-likeness (QED) is 0.305. The molecule has 0 aromatic rings. The molecule has 2 saturated carbocycles. The van der Waals surface area contributed by atoms with Crippen molar-refractivity contribution < 1.29 is 19.8 Å². The average Bonchev–Trinajstić information content (AvgIpc) is 2.96. The van der Waals surface area contributed by atoms with E-state index in [0.29, 0.717) is 23.7 Å². The van der Waals surface area contributed by atoms with Crippen LogP contribution in [0, 0.1) is 57.2 Å². The Hall–Kier alpha value is -1.33. The van der Waals surface area contributed by atoms with E-state index < -0.39 is 22.8 Å². The zero-order chi connectivity index (χ0) is 32.2. The Morgan fingerprint density at radius 3 is 1.33 bits per heavy atom. The van der Waals surface area contributed by atoms with Crippen LogP contribution in [-0.2, 0) is 9.59 Å². The van der Waals surface area contributed by atoms with Gasteiger partial charge in [-0.2, -0.15) is 0 Å². The fourth-order valence-electron chi connectivity index (χ4n) is 11.2. The van der Waals surface area contributed by atoms with Gasteiger partial charge < -0.3 is 19.8 Å². The molecule has 0 saturated heterocycles. The van der Waals surface area contributed by atoms with Crippen LogP contribution in [0.5, 0.6) is 0 Å². The predicted octanol–water partition coefficient (Wildman–Crippen LogP) is 7.36. The van der Waals surface area contributed by atoms with Crippen molar-refractivity contribution in [3.8, 4) is 0 Å². The molecular weight excluding hydrogens is 569 g/mol. The Labute approximate surface area is 289 Å². The van der Waals surface area contributed by atoms with E-state index >= 15 is 0 Å². The number of hydrogen-bond acceptors (Lipinski definition) is 4. The minimum atomic E-state index is -0.838.